The number of rotatable bonds is 2. The van der Waals surface area contributed by atoms with Crippen LogP contribution >= 0.6 is 12.0 Å². The van der Waals surface area contributed by atoms with Gasteiger partial charge in [-0.1, -0.05) is 73.8 Å². The van der Waals surface area contributed by atoms with Crippen LogP contribution in [0, 0.1) is 0 Å². The Labute approximate surface area is 142 Å². The molecule has 0 fully saturated rings. The molecule has 23 heavy (non-hydrogen) atoms. The predicted octanol–water partition coefficient (Wildman–Crippen LogP) is 4.45. The van der Waals surface area contributed by atoms with E-state index in [-0.39, 0.29) is 0 Å². The molecule has 0 atom stereocenters. The van der Waals surface area contributed by atoms with Crippen LogP contribution in [-0.4, -0.2) is 30.7 Å². The molecule has 132 valence electrons. The maximum absolute atomic E-state index is 9.19. The van der Waals surface area contributed by atoms with Gasteiger partial charge < -0.3 is 0 Å². The molecule has 2 aromatic rings. The zero-order valence-corrected chi connectivity index (χ0v) is 15.3. The molecule has 8 heteroatoms. The van der Waals surface area contributed by atoms with Crippen LogP contribution in [-0.2, 0) is 19.5 Å². The van der Waals surface area contributed by atoms with Crippen LogP contribution in [0.1, 0.15) is 20.3 Å². The molecule has 6 nitrogen and oxygen atoms in total. The lowest BCUT2D eigenvalue weighted by Crippen LogP contribution is -1.88. The van der Waals surface area contributed by atoms with E-state index in [0.717, 1.165) is 12.0 Å². The maximum atomic E-state index is 9.19. The minimum Gasteiger partial charge on any atom is -0.286 e. The standard InChI is InChI=1S/C10H8.C3H8.2CH4O3S/c1-2-6-10-8-4-3-7-9(10)5-1;1-3-2;1-5(2,3)4;1-5-4-3-2/h1-8H;3H2,1-2H3;1H3,(H,2,3,4);2H,1H3. The SMILES string of the molecule is CCC.CS(=O)(=O)O.CSOOO.c1ccc2ccccc2c1. The van der Waals surface area contributed by atoms with Gasteiger partial charge in [-0.25, -0.2) is 5.26 Å². The van der Waals surface area contributed by atoms with Crippen molar-refractivity contribution < 1.29 is 27.6 Å². The highest BCUT2D eigenvalue weighted by molar-refractivity contribution is 7.93. The fourth-order valence-corrected chi connectivity index (χ4v) is 1.22. The first kappa shape index (κ1) is 24.1. The Balaban J connectivity index is 0. The number of benzene rings is 2. The Morgan fingerprint density at radius 2 is 1.26 bits per heavy atom. The lowest BCUT2D eigenvalue weighted by molar-refractivity contribution is -0.432. The van der Waals surface area contributed by atoms with E-state index >= 15 is 0 Å². The topological polar surface area (TPSA) is 93.1 Å². The van der Waals surface area contributed by atoms with E-state index in [4.69, 9.17) is 9.81 Å². The van der Waals surface area contributed by atoms with Gasteiger partial charge in [-0.15, -0.1) is 4.33 Å². The van der Waals surface area contributed by atoms with E-state index in [9.17, 15) is 8.42 Å². The van der Waals surface area contributed by atoms with E-state index in [0.29, 0.717) is 6.26 Å². The van der Waals surface area contributed by atoms with E-state index in [1.807, 2.05) is 0 Å². The first-order valence-corrected chi connectivity index (χ1v) is 9.67. The van der Waals surface area contributed by atoms with Crippen LogP contribution in [0.25, 0.3) is 10.8 Å². The highest BCUT2D eigenvalue weighted by atomic mass is 32.2. The van der Waals surface area contributed by atoms with Crippen LogP contribution in [0.3, 0.4) is 0 Å². The van der Waals surface area contributed by atoms with E-state index in [1.54, 1.807) is 6.26 Å². The third kappa shape index (κ3) is 20.8. The minimum atomic E-state index is -3.67. The third-order valence-electron chi connectivity index (χ3n) is 1.76. The summed E-state index contributed by atoms with van der Waals surface area (Å²) in [6, 6.07) is 16.7. The second kappa shape index (κ2) is 15.7. The lowest BCUT2D eigenvalue weighted by atomic mass is 10.1. The van der Waals surface area contributed by atoms with Gasteiger partial charge in [0, 0.05) is 18.3 Å². The van der Waals surface area contributed by atoms with Crippen molar-refractivity contribution >= 4 is 32.9 Å². The normalized spacial score (nSPS) is 9.48. The maximum Gasteiger partial charge on any atom is 0.261 e. The van der Waals surface area contributed by atoms with Gasteiger partial charge in [0.1, 0.15) is 0 Å². The quantitative estimate of drug-likeness (QED) is 0.352. The van der Waals surface area contributed by atoms with Crippen LogP contribution < -0.4 is 0 Å². The fraction of sp³-hybridized carbons (Fsp3) is 0.333. The van der Waals surface area contributed by atoms with Gasteiger partial charge >= 0.3 is 0 Å². The first-order valence-electron chi connectivity index (χ1n) is 6.67. The summed E-state index contributed by atoms with van der Waals surface area (Å²) in [5.41, 5.74) is 0. The molecule has 0 aromatic heterocycles. The average molecular weight is 364 g/mol. The molecule has 2 N–H and O–H groups in total. The van der Waals surface area contributed by atoms with Crippen LogP contribution in [0.2, 0.25) is 0 Å². The summed E-state index contributed by atoms with van der Waals surface area (Å²) in [4.78, 5) is 0. The molecular formula is C15H24O6S2. The highest BCUT2D eigenvalue weighted by Crippen LogP contribution is 2.11. The van der Waals surface area contributed by atoms with E-state index in [1.165, 1.54) is 17.2 Å². The van der Waals surface area contributed by atoms with Gasteiger partial charge in [0.25, 0.3) is 10.1 Å². The Kier molecular flexibility index (Phi) is 16.5. The van der Waals surface area contributed by atoms with Crippen molar-refractivity contribution in [2.24, 2.45) is 0 Å². The van der Waals surface area contributed by atoms with Crippen LogP contribution in [0.5, 0.6) is 0 Å². The summed E-state index contributed by atoms with van der Waals surface area (Å²) in [5.74, 6) is 0. The molecule has 2 rings (SSSR count). The Morgan fingerprint density at radius 3 is 1.39 bits per heavy atom. The van der Waals surface area contributed by atoms with Crippen molar-refractivity contribution in [2.75, 3.05) is 12.5 Å². The molecule has 2 aromatic carbocycles. The van der Waals surface area contributed by atoms with Crippen LogP contribution in [0.4, 0.5) is 0 Å². The smallest absolute Gasteiger partial charge is 0.261 e. The summed E-state index contributed by atoms with van der Waals surface area (Å²) in [5, 5.41) is 13.1. The molecule has 0 spiro atoms. The van der Waals surface area contributed by atoms with Gasteiger partial charge in [-0.2, -0.15) is 8.42 Å². The molecule has 0 amide bonds. The average Bonchev–Trinajstić information content (AvgIpc) is 2.48. The first-order chi connectivity index (χ1) is 10.8. The summed E-state index contributed by atoms with van der Waals surface area (Å²) < 4.78 is 29.7. The number of hydrogen-bond donors (Lipinski definition) is 2. The highest BCUT2D eigenvalue weighted by Gasteiger charge is 1.85. The Morgan fingerprint density at radius 1 is 1.00 bits per heavy atom. The summed E-state index contributed by atoms with van der Waals surface area (Å²) in [6.07, 6.45) is 3.59. The molecular weight excluding hydrogens is 340 g/mol. The molecule has 0 saturated heterocycles. The van der Waals surface area contributed by atoms with Crippen molar-refractivity contribution in [3.8, 4) is 0 Å². The molecule has 0 radical (unpaired) electrons. The van der Waals surface area contributed by atoms with Gasteiger partial charge in [0.2, 0.25) is 0 Å². The Bertz CT molecular complexity index is 526. The van der Waals surface area contributed by atoms with Crippen molar-refractivity contribution in [2.45, 2.75) is 20.3 Å². The van der Waals surface area contributed by atoms with E-state index < -0.39 is 10.1 Å². The second-order valence-corrected chi connectivity index (χ2v) is 6.03. The van der Waals surface area contributed by atoms with Crippen molar-refractivity contribution in [3.05, 3.63) is 48.5 Å². The van der Waals surface area contributed by atoms with Gasteiger partial charge in [0.15, 0.2) is 0 Å². The van der Waals surface area contributed by atoms with Gasteiger partial charge in [-0.3, -0.25) is 4.55 Å². The van der Waals surface area contributed by atoms with Gasteiger partial charge in [-0.05, 0) is 10.8 Å². The third-order valence-corrected chi connectivity index (χ3v) is 1.95. The number of hydrogen-bond acceptors (Lipinski definition) is 6. The predicted molar refractivity (Wildman–Crippen MR) is 95.7 cm³/mol. The molecule has 0 saturated carbocycles. The molecule has 0 aliphatic carbocycles. The largest absolute Gasteiger partial charge is 0.286 e. The summed E-state index contributed by atoms with van der Waals surface area (Å²) in [6.45, 7) is 4.25. The molecule has 0 aliphatic heterocycles. The fourth-order valence-electron chi connectivity index (χ4n) is 1.16. The number of fused-ring (bicyclic) bond motifs is 1. The Hall–Kier alpha value is -1.16. The molecule has 0 unspecified atom stereocenters. The summed E-state index contributed by atoms with van der Waals surface area (Å²) in [7, 11) is -3.67. The second-order valence-electron chi connectivity index (χ2n) is 4.10. The molecule has 0 heterocycles. The zero-order valence-electron chi connectivity index (χ0n) is 13.7. The lowest BCUT2D eigenvalue weighted by Gasteiger charge is -1.92. The van der Waals surface area contributed by atoms with E-state index in [2.05, 4.69) is 71.8 Å². The summed E-state index contributed by atoms with van der Waals surface area (Å²) >= 11 is 0.929. The van der Waals surface area contributed by atoms with Gasteiger partial charge in [0.05, 0.1) is 6.26 Å². The zero-order chi connectivity index (χ0) is 18.1. The molecule has 0 aliphatic rings. The monoisotopic (exact) mass is 364 g/mol. The molecule has 0 bridgehead atoms. The van der Waals surface area contributed by atoms with Crippen molar-refractivity contribution in [1.82, 2.24) is 0 Å². The van der Waals surface area contributed by atoms with Crippen molar-refractivity contribution in [1.29, 1.82) is 0 Å². The van der Waals surface area contributed by atoms with Crippen LogP contribution in [0.15, 0.2) is 48.5 Å². The minimum absolute atomic E-state index is 0.715. The van der Waals surface area contributed by atoms with Crippen molar-refractivity contribution in [3.63, 3.8) is 0 Å².